The standard InChI is InChI=1S/C26H21Cl2N3O6S/c1-3-37-22-9-8-16(27)12-21(22)29-26(33)18-11-15-6-4-5-7-17(15)24(25(18)32)31-30-20-13-23(38(34,35)36)19(28)10-14(20)2/h4-13,32H,3H2,1-2H3,(H,29,33)(H,34,35,36). The van der Waals surface area contributed by atoms with Crippen molar-refractivity contribution in [2.24, 2.45) is 10.2 Å². The maximum Gasteiger partial charge on any atom is 0.296 e. The molecule has 0 saturated carbocycles. The zero-order chi connectivity index (χ0) is 27.6. The van der Waals surface area contributed by atoms with E-state index in [1.807, 2.05) is 0 Å². The molecule has 0 atom stereocenters. The number of nitrogens with zero attached hydrogens (tertiary/aromatic N) is 2. The number of phenolic OH excluding ortho intramolecular Hbond substituents is 1. The second kappa shape index (κ2) is 11.0. The van der Waals surface area contributed by atoms with Crippen LogP contribution in [-0.4, -0.2) is 30.6 Å². The summed E-state index contributed by atoms with van der Waals surface area (Å²) in [6, 6.07) is 15.6. The molecule has 9 nitrogen and oxygen atoms in total. The minimum atomic E-state index is -4.61. The summed E-state index contributed by atoms with van der Waals surface area (Å²) in [5, 5.41) is 23.4. The summed E-state index contributed by atoms with van der Waals surface area (Å²) in [4.78, 5) is 12.7. The summed E-state index contributed by atoms with van der Waals surface area (Å²) in [6.45, 7) is 3.78. The van der Waals surface area contributed by atoms with Gasteiger partial charge >= 0.3 is 0 Å². The van der Waals surface area contributed by atoms with Crippen LogP contribution in [0.25, 0.3) is 10.8 Å². The van der Waals surface area contributed by atoms with Crippen molar-refractivity contribution >= 4 is 67.1 Å². The van der Waals surface area contributed by atoms with Gasteiger partial charge in [-0.15, -0.1) is 5.11 Å². The van der Waals surface area contributed by atoms with Gasteiger partial charge < -0.3 is 15.2 Å². The number of carbonyl (C=O) groups excluding carboxylic acids is 1. The maximum atomic E-state index is 13.3. The largest absolute Gasteiger partial charge is 0.505 e. The fourth-order valence-corrected chi connectivity index (χ4v) is 4.96. The first-order chi connectivity index (χ1) is 18.0. The average Bonchev–Trinajstić information content (AvgIpc) is 2.85. The number of nitrogens with one attached hydrogen (secondary N) is 1. The van der Waals surface area contributed by atoms with Gasteiger partial charge in [0.15, 0.2) is 5.75 Å². The third-order valence-corrected chi connectivity index (χ3v) is 7.07. The maximum absolute atomic E-state index is 13.3. The van der Waals surface area contributed by atoms with E-state index in [-0.39, 0.29) is 22.0 Å². The van der Waals surface area contributed by atoms with Crippen molar-refractivity contribution in [1.29, 1.82) is 0 Å². The Hall–Kier alpha value is -3.70. The highest BCUT2D eigenvalue weighted by molar-refractivity contribution is 7.86. The first-order valence-corrected chi connectivity index (χ1v) is 13.4. The molecule has 0 aromatic heterocycles. The second-order valence-corrected chi connectivity index (χ2v) is 10.3. The van der Waals surface area contributed by atoms with Gasteiger partial charge in [0, 0.05) is 10.4 Å². The first-order valence-electron chi connectivity index (χ1n) is 11.2. The lowest BCUT2D eigenvalue weighted by molar-refractivity contribution is 0.102. The molecule has 0 aliphatic carbocycles. The number of carbonyl (C=O) groups is 1. The number of benzene rings is 4. The molecular weight excluding hydrogens is 553 g/mol. The molecular formula is C26H21Cl2N3O6S. The Kier molecular flexibility index (Phi) is 7.89. The van der Waals surface area contributed by atoms with Crippen LogP contribution in [-0.2, 0) is 10.1 Å². The normalized spacial score (nSPS) is 11.7. The number of halogens is 2. The topological polar surface area (TPSA) is 138 Å². The molecule has 38 heavy (non-hydrogen) atoms. The summed E-state index contributed by atoms with van der Waals surface area (Å²) >= 11 is 12.1. The van der Waals surface area contributed by atoms with Gasteiger partial charge in [-0.1, -0.05) is 47.5 Å². The number of amides is 1. The van der Waals surface area contributed by atoms with Crippen molar-refractivity contribution in [3.63, 3.8) is 0 Å². The molecule has 0 unspecified atom stereocenters. The molecule has 0 fully saturated rings. The van der Waals surface area contributed by atoms with Crippen LogP contribution in [0.15, 0.2) is 75.8 Å². The highest BCUT2D eigenvalue weighted by Gasteiger charge is 2.21. The van der Waals surface area contributed by atoms with Crippen LogP contribution in [0.3, 0.4) is 0 Å². The summed E-state index contributed by atoms with van der Waals surface area (Å²) in [5.74, 6) is -0.700. The smallest absolute Gasteiger partial charge is 0.296 e. The number of ether oxygens (including phenoxy) is 1. The van der Waals surface area contributed by atoms with Crippen LogP contribution in [0.1, 0.15) is 22.8 Å². The fraction of sp³-hybridized carbons (Fsp3) is 0.115. The molecule has 1 amide bonds. The van der Waals surface area contributed by atoms with Crippen LogP contribution in [0, 0.1) is 6.92 Å². The predicted octanol–water partition coefficient (Wildman–Crippen LogP) is 7.47. The number of hydrogen-bond donors (Lipinski definition) is 3. The SMILES string of the molecule is CCOc1ccc(Cl)cc1NC(=O)c1cc2ccccc2c(N=Nc2cc(S(=O)(=O)O)c(Cl)cc2C)c1O. The van der Waals surface area contributed by atoms with E-state index in [1.165, 1.54) is 18.2 Å². The predicted molar refractivity (Wildman–Crippen MR) is 146 cm³/mol. The van der Waals surface area contributed by atoms with Crippen molar-refractivity contribution in [3.05, 3.63) is 81.8 Å². The molecule has 0 radical (unpaired) electrons. The third-order valence-electron chi connectivity index (χ3n) is 5.52. The zero-order valence-corrected chi connectivity index (χ0v) is 22.4. The van der Waals surface area contributed by atoms with E-state index in [0.717, 1.165) is 6.07 Å². The molecule has 4 rings (SSSR count). The van der Waals surface area contributed by atoms with E-state index in [9.17, 15) is 22.9 Å². The van der Waals surface area contributed by atoms with Crippen molar-refractivity contribution in [2.75, 3.05) is 11.9 Å². The molecule has 0 saturated heterocycles. The first kappa shape index (κ1) is 27.3. The zero-order valence-electron chi connectivity index (χ0n) is 20.1. The summed E-state index contributed by atoms with van der Waals surface area (Å²) in [5.41, 5.74) is 0.752. The van der Waals surface area contributed by atoms with Gasteiger partial charge in [0.2, 0.25) is 0 Å². The number of aromatic hydroxyl groups is 1. The minimum absolute atomic E-state index is 0.0212. The van der Waals surface area contributed by atoms with Crippen molar-refractivity contribution in [1.82, 2.24) is 0 Å². The number of fused-ring (bicyclic) bond motifs is 1. The molecule has 0 bridgehead atoms. The van der Waals surface area contributed by atoms with Gasteiger partial charge in [-0.3, -0.25) is 9.35 Å². The van der Waals surface area contributed by atoms with E-state index in [2.05, 4.69) is 15.5 Å². The highest BCUT2D eigenvalue weighted by Crippen LogP contribution is 2.41. The molecule has 0 aliphatic heterocycles. The van der Waals surface area contributed by atoms with Crippen molar-refractivity contribution < 1.29 is 27.6 Å². The van der Waals surface area contributed by atoms with Gasteiger partial charge in [-0.2, -0.15) is 13.5 Å². The Morgan fingerprint density at radius 1 is 1.05 bits per heavy atom. The number of anilines is 1. The van der Waals surface area contributed by atoms with Gasteiger partial charge in [0.25, 0.3) is 16.0 Å². The Morgan fingerprint density at radius 3 is 2.50 bits per heavy atom. The minimum Gasteiger partial charge on any atom is -0.505 e. The van der Waals surface area contributed by atoms with E-state index in [4.69, 9.17) is 27.9 Å². The van der Waals surface area contributed by atoms with Gasteiger partial charge in [-0.25, -0.2) is 0 Å². The van der Waals surface area contributed by atoms with Crippen LogP contribution < -0.4 is 10.1 Å². The molecule has 0 heterocycles. The second-order valence-electron chi connectivity index (χ2n) is 8.11. The molecule has 0 spiro atoms. The summed E-state index contributed by atoms with van der Waals surface area (Å²) in [7, 11) is -4.61. The van der Waals surface area contributed by atoms with Gasteiger partial charge in [-0.05, 0) is 61.2 Å². The van der Waals surface area contributed by atoms with Crippen LogP contribution in [0.4, 0.5) is 17.1 Å². The molecule has 196 valence electrons. The number of aryl methyl sites for hydroxylation is 1. The van der Waals surface area contributed by atoms with Gasteiger partial charge in [0.1, 0.15) is 16.3 Å². The molecule has 3 N–H and O–H groups in total. The lowest BCUT2D eigenvalue weighted by Gasteiger charge is -2.14. The van der Waals surface area contributed by atoms with Crippen LogP contribution in [0.2, 0.25) is 10.0 Å². The van der Waals surface area contributed by atoms with Gasteiger partial charge in [0.05, 0.1) is 28.6 Å². The fourth-order valence-electron chi connectivity index (χ4n) is 3.71. The van der Waals surface area contributed by atoms with Crippen molar-refractivity contribution in [3.8, 4) is 11.5 Å². The quantitative estimate of drug-likeness (QED) is 0.155. The lowest BCUT2D eigenvalue weighted by atomic mass is 10.0. The Bertz CT molecular complexity index is 1710. The number of phenols is 1. The molecule has 4 aromatic rings. The molecule has 4 aromatic carbocycles. The average molecular weight is 574 g/mol. The molecule has 0 aliphatic rings. The third kappa shape index (κ3) is 5.73. The van der Waals surface area contributed by atoms with E-state index < -0.39 is 26.7 Å². The number of hydrogen-bond acceptors (Lipinski definition) is 7. The van der Waals surface area contributed by atoms with Crippen LogP contribution in [0.5, 0.6) is 11.5 Å². The van der Waals surface area contributed by atoms with Crippen molar-refractivity contribution in [2.45, 2.75) is 18.7 Å². The Labute approximate surface area is 228 Å². The monoisotopic (exact) mass is 573 g/mol. The van der Waals surface area contributed by atoms with Crippen LogP contribution >= 0.6 is 23.2 Å². The van der Waals surface area contributed by atoms with E-state index in [0.29, 0.717) is 39.4 Å². The summed E-state index contributed by atoms with van der Waals surface area (Å²) < 4.78 is 38.4. The highest BCUT2D eigenvalue weighted by atomic mass is 35.5. The molecule has 12 heteroatoms. The number of azo groups is 1. The van der Waals surface area contributed by atoms with E-state index in [1.54, 1.807) is 50.2 Å². The lowest BCUT2D eigenvalue weighted by Crippen LogP contribution is -2.13. The Morgan fingerprint density at radius 2 is 1.79 bits per heavy atom. The number of rotatable bonds is 7. The van der Waals surface area contributed by atoms with E-state index >= 15 is 0 Å². The Balaban J connectivity index is 1.81. The summed E-state index contributed by atoms with van der Waals surface area (Å²) in [6.07, 6.45) is 0.